The van der Waals surface area contributed by atoms with Crippen molar-refractivity contribution in [2.45, 2.75) is 6.92 Å². The van der Waals surface area contributed by atoms with E-state index in [1.54, 1.807) is 6.20 Å². The molecule has 0 aliphatic rings. The second kappa shape index (κ2) is 5.38. The monoisotopic (exact) mass is 341 g/mol. The molecule has 5 heterocycles. The number of fused-ring (bicyclic) bond motifs is 2. The maximum atomic E-state index is 5.81. The van der Waals surface area contributed by atoms with Gasteiger partial charge in [-0.2, -0.15) is 0 Å². The predicted octanol–water partition coefficient (Wildman–Crippen LogP) is 3.25. The summed E-state index contributed by atoms with van der Waals surface area (Å²) in [7, 11) is 0. The summed E-state index contributed by atoms with van der Waals surface area (Å²) < 4.78 is 2.02. The minimum Gasteiger partial charge on any atom is -0.384 e. The number of rotatable bonds is 2. The van der Waals surface area contributed by atoms with E-state index in [4.69, 9.17) is 10.7 Å². The van der Waals surface area contributed by atoms with E-state index in [-0.39, 0.29) is 0 Å². The number of pyridine rings is 3. The van der Waals surface area contributed by atoms with E-state index in [2.05, 4.69) is 26.0 Å². The summed E-state index contributed by atoms with van der Waals surface area (Å²) in [5, 5.41) is 1.04. The van der Waals surface area contributed by atoms with Gasteiger partial charge in [0.1, 0.15) is 22.8 Å². The van der Waals surface area contributed by atoms with Gasteiger partial charge in [0, 0.05) is 23.3 Å². The van der Waals surface area contributed by atoms with Crippen molar-refractivity contribution in [2.75, 3.05) is 5.73 Å². The molecule has 5 aromatic heterocycles. The number of nitrogens with two attached hydrogens (primary N) is 1. The minimum atomic E-state index is 0.469. The lowest BCUT2D eigenvalue weighted by molar-refractivity contribution is 0.982. The first-order valence-corrected chi connectivity index (χ1v) is 8.20. The van der Waals surface area contributed by atoms with Crippen LogP contribution in [0.4, 0.5) is 5.82 Å². The molecular weight excluding hydrogens is 326 g/mol. The fraction of sp³-hybridized carbons (Fsp3) is 0.0526. The molecule has 0 aliphatic carbocycles. The maximum Gasteiger partial charge on any atom is 0.165 e. The number of hydrogen-bond acceptors (Lipinski definition) is 5. The number of imidazole rings is 1. The van der Waals surface area contributed by atoms with Crippen LogP contribution in [0.15, 0.2) is 55.0 Å². The van der Waals surface area contributed by atoms with Crippen LogP contribution in [0.3, 0.4) is 0 Å². The van der Waals surface area contributed by atoms with Crippen LogP contribution in [0.5, 0.6) is 0 Å². The van der Waals surface area contributed by atoms with E-state index in [9.17, 15) is 0 Å². The van der Waals surface area contributed by atoms with E-state index in [0.717, 1.165) is 45.0 Å². The van der Waals surface area contributed by atoms with Gasteiger partial charge in [0.2, 0.25) is 0 Å². The molecule has 26 heavy (non-hydrogen) atoms. The van der Waals surface area contributed by atoms with Gasteiger partial charge >= 0.3 is 0 Å². The van der Waals surface area contributed by atoms with Crippen molar-refractivity contribution in [3.63, 3.8) is 0 Å². The van der Waals surface area contributed by atoms with Crippen molar-refractivity contribution >= 4 is 28.0 Å². The predicted molar refractivity (Wildman–Crippen MR) is 101 cm³/mol. The zero-order chi connectivity index (χ0) is 17.7. The summed E-state index contributed by atoms with van der Waals surface area (Å²) in [5.74, 6) is 1.33. The number of H-pyrrole nitrogens is 1. The molecule has 0 radical (unpaired) electrons. The molecule has 0 saturated carbocycles. The van der Waals surface area contributed by atoms with Gasteiger partial charge in [-0.3, -0.25) is 4.57 Å². The molecular formula is C19H15N7. The van der Waals surface area contributed by atoms with Gasteiger partial charge in [-0.15, -0.1) is 0 Å². The van der Waals surface area contributed by atoms with Gasteiger partial charge in [0.15, 0.2) is 5.65 Å². The second-order valence-corrected chi connectivity index (χ2v) is 6.11. The Morgan fingerprint density at radius 1 is 1.04 bits per heavy atom. The molecule has 5 rings (SSSR count). The van der Waals surface area contributed by atoms with Crippen LogP contribution in [-0.4, -0.2) is 29.5 Å². The number of aromatic nitrogens is 6. The molecule has 0 bridgehead atoms. The van der Waals surface area contributed by atoms with Gasteiger partial charge in [-0.25, -0.2) is 19.9 Å². The Labute approximate surface area is 148 Å². The Bertz CT molecular complexity index is 1270. The highest BCUT2D eigenvalue weighted by Crippen LogP contribution is 2.25. The number of aryl methyl sites for hydroxylation is 1. The molecule has 126 valence electrons. The summed E-state index contributed by atoms with van der Waals surface area (Å²) in [4.78, 5) is 21.1. The van der Waals surface area contributed by atoms with E-state index >= 15 is 0 Å². The van der Waals surface area contributed by atoms with Gasteiger partial charge in [0.25, 0.3) is 0 Å². The molecule has 0 amide bonds. The van der Waals surface area contributed by atoms with Crippen molar-refractivity contribution in [3.8, 4) is 16.9 Å². The first-order chi connectivity index (χ1) is 12.7. The Morgan fingerprint density at radius 2 is 1.96 bits per heavy atom. The fourth-order valence-electron chi connectivity index (χ4n) is 3.20. The van der Waals surface area contributed by atoms with Crippen LogP contribution in [0.2, 0.25) is 0 Å². The molecule has 0 fully saturated rings. The number of nitrogens with one attached hydrogen (secondary N) is 1. The Kier molecular flexibility index (Phi) is 3.02. The van der Waals surface area contributed by atoms with E-state index < -0.39 is 0 Å². The van der Waals surface area contributed by atoms with Crippen molar-refractivity contribution in [3.05, 3.63) is 60.8 Å². The van der Waals surface area contributed by atoms with E-state index in [1.165, 1.54) is 0 Å². The minimum absolute atomic E-state index is 0.469. The zero-order valence-corrected chi connectivity index (χ0v) is 14.0. The van der Waals surface area contributed by atoms with Crippen molar-refractivity contribution in [2.24, 2.45) is 0 Å². The highest BCUT2D eigenvalue weighted by molar-refractivity contribution is 5.81. The maximum absolute atomic E-state index is 5.81. The number of hydrogen-bond donors (Lipinski definition) is 2. The van der Waals surface area contributed by atoms with Crippen LogP contribution >= 0.6 is 0 Å². The lowest BCUT2D eigenvalue weighted by Crippen LogP contribution is -1.99. The van der Waals surface area contributed by atoms with Gasteiger partial charge in [-0.05, 0) is 43.3 Å². The summed E-state index contributed by atoms with van der Waals surface area (Å²) >= 11 is 0. The molecule has 0 spiro atoms. The third-order valence-corrected chi connectivity index (χ3v) is 4.39. The van der Waals surface area contributed by atoms with Crippen LogP contribution in [0.1, 0.15) is 5.82 Å². The second-order valence-electron chi connectivity index (χ2n) is 6.11. The van der Waals surface area contributed by atoms with Crippen molar-refractivity contribution in [1.29, 1.82) is 0 Å². The third-order valence-electron chi connectivity index (χ3n) is 4.39. The zero-order valence-electron chi connectivity index (χ0n) is 14.0. The Hall–Kier alpha value is -3.74. The SMILES string of the molecule is Cc1nc2ccc(-c3ccnc(N)c3)nc2n1-c1cnc2[nH]ccc2c1. The van der Waals surface area contributed by atoms with Crippen molar-refractivity contribution in [1.82, 2.24) is 29.5 Å². The largest absolute Gasteiger partial charge is 0.384 e. The molecule has 0 saturated heterocycles. The summed E-state index contributed by atoms with van der Waals surface area (Å²) in [6.07, 6.45) is 5.39. The van der Waals surface area contributed by atoms with Crippen LogP contribution in [0.25, 0.3) is 39.1 Å². The number of nitrogens with zero attached hydrogens (tertiary/aromatic N) is 5. The van der Waals surface area contributed by atoms with Crippen LogP contribution in [0, 0.1) is 6.92 Å². The molecule has 3 N–H and O–H groups in total. The van der Waals surface area contributed by atoms with E-state index in [0.29, 0.717) is 5.82 Å². The first-order valence-electron chi connectivity index (χ1n) is 8.20. The van der Waals surface area contributed by atoms with Gasteiger partial charge in [0.05, 0.1) is 17.6 Å². The number of anilines is 1. The van der Waals surface area contributed by atoms with E-state index in [1.807, 2.05) is 54.2 Å². The highest BCUT2D eigenvalue weighted by Gasteiger charge is 2.13. The smallest absolute Gasteiger partial charge is 0.165 e. The molecule has 7 nitrogen and oxygen atoms in total. The number of aromatic amines is 1. The topological polar surface area (TPSA) is 98.3 Å². The standard InChI is InChI=1S/C19H15N7/c1-11-24-16-3-2-15(12-4-6-21-17(20)9-12)25-19(16)26(11)14-8-13-5-7-22-18(13)23-10-14/h2-10H,1H3,(H2,20,21)(H,22,23). The molecule has 0 aliphatic heterocycles. The Balaban J connectivity index is 1.74. The highest BCUT2D eigenvalue weighted by atomic mass is 15.1. The molecule has 0 atom stereocenters. The number of nitrogen functional groups attached to an aromatic ring is 1. The third kappa shape index (κ3) is 2.21. The molecule has 5 aromatic rings. The van der Waals surface area contributed by atoms with Crippen molar-refractivity contribution < 1.29 is 0 Å². The first kappa shape index (κ1) is 14.6. The average molecular weight is 341 g/mol. The molecule has 0 aromatic carbocycles. The molecule has 7 heteroatoms. The lowest BCUT2D eigenvalue weighted by atomic mass is 10.1. The summed E-state index contributed by atoms with van der Waals surface area (Å²) in [5.41, 5.74) is 11.0. The fourth-order valence-corrected chi connectivity index (χ4v) is 3.20. The Morgan fingerprint density at radius 3 is 2.85 bits per heavy atom. The summed E-state index contributed by atoms with van der Waals surface area (Å²) in [6.45, 7) is 1.97. The average Bonchev–Trinajstić information content (AvgIpc) is 3.23. The van der Waals surface area contributed by atoms with Crippen LogP contribution < -0.4 is 5.73 Å². The van der Waals surface area contributed by atoms with Gasteiger partial charge in [-0.1, -0.05) is 0 Å². The summed E-state index contributed by atoms with van der Waals surface area (Å²) in [6, 6.07) is 11.7. The molecule has 0 unspecified atom stereocenters. The lowest BCUT2D eigenvalue weighted by Gasteiger charge is -2.07. The van der Waals surface area contributed by atoms with Gasteiger partial charge < -0.3 is 10.7 Å². The normalized spacial score (nSPS) is 11.4. The quantitative estimate of drug-likeness (QED) is 0.513. The van der Waals surface area contributed by atoms with Crippen LogP contribution in [-0.2, 0) is 0 Å².